The second kappa shape index (κ2) is 9.13. The predicted molar refractivity (Wildman–Crippen MR) is 117 cm³/mol. The average molecular weight is 481 g/mol. The molecule has 0 bridgehead atoms. The van der Waals surface area contributed by atoms with Crippen LogP contribution in [0, 0.1) is 5.82 Å². The lowest BCUT2D eigenvalue weighted by Crippen LogP contribution is -2.13. The van der Waals surface area contributed by atoms with Crippen LogP contribution in [-0.2, 0) is 4.79 Å². The molecular formula is C19H11Cl2FN4O2S2. The molecule has 6 nitrogen and oxygen atoms in total. The van der Waals surface area contributed by atoms with Crippen LogP contribution in [-0.4, -0.2) is 26.8 Å². The van der Waals surface area contributed by atoms with Gasteiger partial charge in [-0.2, -0.15) is 0 Å². The van der Waals surface area contributed by atoms with Crippen molar-refractivity contribution in [1.82, 2.24) is 15.2 Å². The zero-order valence-electron chi connectivity index (χ0n) is 14.9. The molecule has 0 fully saturated rings. The minimum absolute atomic E-state index is 0.0570. The maximum atomic E-state index is 13.0. The van der Waals surface area contributed by atoms with Gasteiger partial charge in [-0.1, -0.05) is 35.0 Å². The molecule has 2 aromatic carbocycles. The molecule has 0 aliphatic carbocycles. The number of benzene rings is 2. The van der Waals surface area contributed by atoms with E-state index in [1.54, 1.807) is 35.7 Å². The molecule has 0 aliphatic heterocycles. The number of aromatic nitrogens is 3. The smallest absolute Gasteiger partial charge is 0.277 e. The lowest BCUT2D eigenvalue weighted by molar-refractivity contribution is -0.113. The van der Waals surface area contributed by atoms with Gasteiger partial charge in [0.2, 0.25) is 11.8 Å². The van der Waals surface area contributed by atoms with Gasteiger partial charge in [-0.15, -0.1) is 21.5 Å². The number of rotatable bonds is 6. The summed E-state index contributed by atoms with van der Waals surface area (Å²) >= 11 is 14.4. The molecule has 4 aromatic rings. The van der Waals surface area contributed by atoms with Gasteiger partial charge in [-0.25, -0.2) is 9.37 Å². The van der Waals surface area contributed by atoms with E-state index in [0.717, 1.165) is 17.3 Å². The van der Waals surface area contributed by atoms with Gasteiger partial charge < -0.3 is 9.73 Å². The fraction of sp³-hybridized carbons (Fsp3) is 0.0526. The summed E-state index contributed by atoms with van der Waals surface area (Å²) in [6, 6.07) is 10.9. The molecule has 2 heterocycles. The number of hydrogen-bond acceptors (Lipinski definition) is 7. The van der Waals surface area contributed by atoms with Gasteiger partial charge in [0.1, 0.15) is 5.82 Å². The third-order valence-electron chi connectivity index (χ3n) is 3.79. The fourth-order valence-electron chi connectivity index (χ4n) is 2.41. The Kier molecular flexibility index (Phi) is 6.33. The second-order valence-corrected chi connectivity index (χ2v) is 8.51. The highest BCUT2D eigenvalue weighted by molar-refractivity contribution is 7.99. The van der Waals surface area contributed by atoms with Crippen molar-refractivity contribution in [2.45, 2.75) is 5.22 Å². The topological polar surface area (TPSA) is 80.9 Å². The predicted octanol–water partition coefficient (Wildman–Crippen LogP) is 6.04. The normalized spacial score (nSPS) is 10.9. The highest BCUT2D eigenvalue weighted by atomic mass is 35.5. The van der Waals surface area contributed by atoms with E-state index in [1.807, 2.05) is 0 Å². The van der Waals surface area contributed by atoms with Crippen LogP contribution in [0.25, 0.3) is 22.7 Å². The van der Waals surface area contributed by atoms with Crippen molar-refractivity contribution >= 4 is 57.3 Å². The number of nitrogens with zero attached hydrogens (tertiary/aromatic N) is 3. The van der Waals surface area contributed by atoms with Crippen molar-refractivity contribution in [3.8, 4) is 22.7 Å². The summed E-state index contributed by atoms with van der Waals surface area (Å²) in [6.45, 7) is 0. The number of carbonyl (C=O) groups excluding carboxylic acids is 1. The number of thioether (sulfide) groups is 1. The first-order valence-corrected chi connectivity index (χ1v) is 11.0. The van der Waals surface area contributed by atoms with Gasteiger partial charge >= 0.3 is 0 Å². The van der Waals surface area contributed by atoms with Gasteiger partial charge in [0.15, 0.2) is 5.13 Å². The molecule has 0 spiro atoms. The summed E-state index contributed by atoms with van der Waals surface area (Å²) in [5, 5.41) is 13.9. The van der Waals surface area contributed by atoms with Crippen LogP contribution in [0.5, 0.6) is 0 Å². The van der Waals surface area contributed by atoms with E-state index < -0.39 is 0 Å². The Morgan fingerprint density at radius 2 is 1.97 bits per heavy atom. The number of amides is 1. The maximum Gasteiger partial charge on any atom is 0.277 e. The molecule has 0 unspecified atom stereocenters. The second-order valence-electron chi connectivity index (χ2n) is 5.88. The zero-order valence-corrected chi connectivity index (χ0v) is 18.1. The third kappa shape index (κ3) is 4.99. The molecule has 2 aromatic heterocycles. The molecule has 0 radical (unpaired) electrons. The average Bonchev–Trinajstić information content (AvgIpc) is 3.37. The van der Waals surface area contributed by atoms with Gasteiger partial charge in [-0.05, 0) is 42.5 Å². The van der Waals surface area contributed by atoms with Crippen LogP contribution >= 0.6 is 46.3 Å². The first kappa shape index (κ1) is 20.8. The van der Waals surface area contributed by atoms with Crippen molar-refractivity contribution in [3.63, 3.8) is 0 Å². The van der Waals surface area contributed by atoms with Crippen LogP contribution in [0.15, 0.2) is 57.5 Å². The van der Waals surface area contributed by atoms with Gasteiger partial charge in [0.25, 0.3) is 5.22 Å². The minimum atomic E-state index is -0.318. The number of halogens is 3. The number of thiazole rings is 1. The SMILES string of the molecule is O=C(CSc1nnc(-c2ccc(Cl)cc2Cl)o1)Nc1nc(-c2ccc(F)cc2)cs1. The van der Waals surface area contributed by atoms with E-state index in [-0.39, 0.29) is 28.6 Å². The molecule has 0 aliphatic rings. The molecular weight excluding hydrogens is 470 g/mol. The molecule has 30 heavy (non-hydrogen) atoms. The Hall–Kier alpha value is -2.46. The molecule has 1 N–H and O–H groups in total. The van der Waals surface area contributed by atoms with E-state index in [4.69, 9.17) is 27.6 Å². The fourth-order valence-corrected chi connectivity index (χ4v) is 4.20. The van der Waals surface area contributed by atoms with E-state index in [0.29, 0.717) is 26.4 Å². The number of hydrogen-bond donors (Lipinski definition) is 1. The Morgan fingerprint density at radius 3 is 2.73 bits per heavy atom. The standard InChI is InChI=1S/C19H11Cl2FN4O2S2/c20-11-3-6-13(14(21)7-11)17-25-26-19(28-17)30-9-16(27)24-18-23-15(8-29-18)10-1-4-12(22)5-2-10/h1-8H,9H2,(H,23,24,27). The highest BCUT2D eigenvalue weighted by Gasteiger charge is 2.15. The summed E-state index contributed by atoms with van der Waals surface area (Å²) < 4.78 is 18.6. The highest BCUT2D eigenvalue weighted by Crippen LogP contribution is 2.31. The molecule has 4 rings (SSSR count). The summed E-state index contributed by atoms with van der Waals surface area (Å²) in [6.07, 6.45) is 0. The van der Waals surface area contributed by atoms with Gasteiger partial charge in [0, 0.05) is 16.0 Å². The van der Waals surface area contributed by atoms with Crippen LogP contribution in [0.1, 0.15) is 0 Å². The largest absolute Gasteiger partial charge is 0.411 e. The summed E-state index contributed by atoms with van der Waals surface area (Å²) in [7, 11) is 0. The quantitative estimate of drug-likeness (QED) is 0.339. The molecule has 152 valence electrons. The van der Waals surface area contributed by atoms with E-state index in [1.165, 1.54) is 23.5 Å². The Morgan fingerprint density at radius 1 is 1.17 bits per heavy atom. The summed E-state index contributed by atoms with van der Waals surface area (Å²) in [4.78, 5) is 16.5. The molecule has 0 saturated heterocycles. The number of nitrogens with one attached hydrogen (secondary N) is 1. The van der Waals surface area contributed by atoms with Crippen LogP contribution in [0.4, 0.5) is 9.52 Å². The van der Waals surface area contributed by atoms with E-state index in [2.05, 4.69) is 20.5 Å². The third-order valence-corrected chi connectivity index (χ3v) is 5.91. The Labute approximate surface area is 188 Å². The molecule has 0 atom stereocenters. The molecule has 11 heteroatoms. The van der Waals surface area contributed by atoms with E-state index in [9.17, 15) is 9.18 Å². The zero-order chi connectivity index (χ0) is 21.1. The Bertz CT molecular complexity index is 1200. The van der Waals surface area contributed by atoms with Crippen molar-refractivity contribution in [2.75, 3.05) is 11.1 Å². The lowest BCUT2D eigenvalue weighted by atomic mass is 10.2. The number of carbonyl (C=O) groups is 1. The molecule has 1 amide bonds. The van der Waals surface area contributed by atoms with Crippen molar-refractivity contribution in [3.05, 3.63) is 63.7 Å². The monoisotopic (exact) mass is 480 g/mol. The van der Waals surface area contributed by atoms with Crippen LogP contribution in [0.2, 0.25) is 10.0 Å². The van der Waals surface area contributed by atoms with E-state index >= 15 is 0 Å². The van der Waals surface area contributed by atoms with Crippen LogP contribution < -0.4 is 5.32 Å². The van der Waals surface area contributed by atoms with Gasteiger partial charge in [-0.3, -0.25) is 4.79 Å². The Balaban J connectivity index is 1.34. The van der Waals surface area contributed by atoms with Crippen molar-refractivity contribution in [2.24, 2.45) is 0 Å². The maximum absolute atomic E-state index is 13.0. The minimum Gasteiger partial charge on any atom is -0.411 e. The first-order valence-electron chi connectivity index (χ1n) is 8.41. The summed E-state index contributed by atoms with van der Waals surface area (Å²) in [5.74, 6) is -0.295. The lowest BCUT2D eigenvalue weighted by Gasteiger charge is -2.00. The first-order chi connectivity index (χ1) is 14.5. The molecule has 0 saturated carbocycles. The number of anilines is 1. The van der Waals surface area contributed by atoms with Gasteiger partial charge in [0.05, 0.1) is 22.0 Å². The summed E-state index contributed by atoms with van der Waals surface area (Å²) in [5.41, 5.74) is 1.98. The van der Waals surface area contributed by atoms with Crippen molar-refractivity contribution < 1.29 is 13.6 Å². The van der Waals surface area contributed by atoms with Crippen molar-refractivity contribution in [1.29, 1.82) is 0 Å². The van der Waals surface area contributed by atoms with Crippen LogP contribution in [0.3, 0.4) is 0 Å².